The molecule has 7 nitrogen and oxygen atoms in total. The van der Waals surface area contributed by atoms with Crippen LogP contribution < -0.4 is 10.1 Å². The van der Waals surface area contributed by atoms with Crippen molar-refractivity contribution >= 4 is 23.4 Å². The number of rotatable bonds is 9. The number of anilines is 1. The first-order chi connectivity index (χ1) is 11.7. The number of benzene rings is 1. The number of nitrogens with zero attached hydrogens (tertiary/aromatic N) is 3. The molecule has 0 unspecified atom stereocenters. The van der Waals surface area contributed by atoms with Crippen LogP contribution in [0, 0.1) is 0 Å². The van der Waals surface area contributed by atoms with Gasteiger partial charge in [0.05, 0.1) is 12.9 Å². The third-order valence-electron chi connectivity index (χ3n) is 3.08. The summed E-state index contributed by atoms with van der Waals surface area (Å²) in [5.41, 5.74) is 0.717. The van der Waals surface area contributed by atoms with E-state index in [2.05, 4.69) is 22.1 Å². The largest absolute Gasteiger partial charge is 0.497 e. The average molecular weight is 348 g/mol. The van der Waals surface area contributed by atoms with Gasteiger partial charge in [0.2, 0.25) is 5.91 Å². The number of aromatic nitrogens is 3. The van der Waals surface area contributed by atoms with Crippen molar-refractivity contribution in [3.05, 3.63) is 42.7 Å². The van der Waals surface area contributed by atoms with E-state index in [1.54, 1.807) is 44.6 Å². The van der Waals surface area contributed by atoms with Crippen molar-refractivity contribution in [2.24, 2.45) is 0 Å². The first kappa shape index (κ1) is 18.0. The van der Waals surface area contributed by atoms with Gasteiger partial charge in [0.25, 0.3) is 0 Å². The first-order valence-electron chi connectivity index (χ1n) is 7.26. The van der Waals surface area contributed by atoms with Gasteiger partial charge in [-0.1, -0.05) is 17.8 Å². The Labute approximate surface area is 145 Å². The van der Waals surface area contributed by atoms with Gasteiger partial charge in [-0.2, -0.15) is 0 Å². The molecule has 2 rings (SSSR count). The third-order valence-corrected chi connectivity index (χ3v) is 4.05. The number of allylic oxidation sites excluding steroid dienone is 1. The lowest BCUT2D eigenvalue weighted by atomic mass is 10.3. The van der Waals surface area contributed by atoms with Gasteiger partial charge in [0.15, 0.2) is 11.0 Å². The molecule has 1 aromatic carbocycles. The lowest BCUT2D eigenvalue weighted by Crippen LogP contribution is -2.14. The van der Waals surface area contributed by atoms with E-state index in [1.165, 1.54) is 11.8 Å². The Bertz CT molecular complexity index is 685. The molecule has 1 aromatic heterocycles. The quantitative estimate of drug-likeness (QED) is 0.554. The summed E-state index contributed by atoms with van der Waals surface area (Å²) < 4.78 is 12.1. The van der Waals surface area contributed by atoms with Gasteiger partial charge in [-0.15, -0.1) is 16.8 Å². The number of hydrogen-bond donors (Lipinski definition) is 1. The van der Waals surface area contributed by atoms with E-state index in [0.29, 0.717) is 29.8 Å². The average Bonchev–Trinajstić information content (AvgIpc) is 2.96. The van der Waals surface area contributed by atoms with E-state index < -0.39 is 0 Å². The number of ether oxygens (including phenoxy) is 2. The lowest BCUT2D eigenvalue weighted by molar-refractivity contribution is -0.113. The topological polar surface area (TPSA) is 78.3 Å². The fraction of sp³-hybridized carbons (Fsp3) is 0.312. The minimum atomic E-state index is -0.119. The maximum atomic E-state index is 12.1. The van der Waals surface area contributed by atoms with Crippen molar-refractivity contribution in [2.75, 3.05) is 25.3 Å². The molecule has 24 heavy (non-hydrogen) atoms. The molecule has 1 amide bonds. The van der Waals surface area contributed by atoms with Gasteiger partial charge < -0.3 is 19.4 Å². The molecule has 0 saturated carbocycles. The molecule has 1 heterocycles. The Morgan fingerprint density at radius 2 is 2.08 bits per heavy atom. The van der Waals surface area contributed by atoms with Crippen LogP contribution in [0.1, 0.15) is 5.82 Å². The second kappa shape index (κ2) is 9.09. The molecule has 128 valence electrons. The van der Waals surface area contributed by atoms with Crippen LogP contribution in [0.15, 0.2) is 42.1 Å². The summed E-state index contributed by atoms with van der Waals surface area (Å²) in [6.07, 6.45) is 1.75. The predicted octanol–water partition coefficient (Wildman–Crippen LogP) is 2.35. The van der Waals surface area contributed by atoms with E-state index >= 15 is 0 Å². The zero-order valence-corrected chi connectivity index (χ0v) is 14.5. The second-order valence-corrected chi connectivity index (χ2v) is 5.74. The van der Waals surface area contributed by atoms with Crippen molar-refractivity contribution in [3.63, 3.8) is 0 Å². The summed E-state index contributed by atoms with van der Waals surface area (Å²) in [6.45, 7) is 4.65. The van der Waals surface area contributed by atoms with E-state index in [0.717, 1.165) is 5.75 Å². The van der Waals surface area contributed by atoms with E-state index in [-0.39, 0.29) is 11.7 Å². The highest BCUT2D eigenvalue weighted by Crippen LogP contribution is 2.19. The molecule has 0 radical (unpaired) electrons. The molecular weight excluding hydrogens is 328 g/mol. The molecule has 0 aliphatic rings. The fourth-order valence-electron chi connectivity index (χ4n) is 1.98. The summed E-state index contributed by atoms with van der Waals surface area (Å²) in [6, 6.07) is 7.16. The molecule has 0 saturated heterocycles. The standard InChI is InChI=1S/C16H20N4O3S/c1-4-9-20-14(10-22-2)18-19-16(20)24-11-15(21)17-12-5-7-13(23-3)8-6-12/h4-8H,1,9-11H2,2-3H3,(H,17,21). The van der Waals surface area contributed by atoms with Crippen LogP contribution in [0.4, 0.5) is 5.69 Å². The Kier molecular flexibility index (Phi) is 6.83. The molecule has 0 spiro atoms. The van der Waals surface area contributed by atoms with Crippen molar-refractivity contribution < 1.29 is 14.3 Å². The van der Waals surface area contributed by atoms with Gasteiger partial charge in [0.1, 0.15) is 12.4 Å². The summed E-state index contributed by atoms with van der Waals surface area (Å²) in [4.78, 5) is 12.1. The third kappa shape index (κ3) is 4.84. The first-order valence-corrected chi connectivity index (χ1v) is 8.25. The normalized spacial score (nSPS) is 10.4. The number of carbonyl (C=O) groups is 1. The molecule has 0 atom stereocenters. The maximum absolute atomic E-state index is 12.1. The summed E-state index contributed by atoms with van der Waals surface area (Å²) in [5, 5.41) is 11.7. The molecule has 2 aromatic rings. The fourth-order valence-corrected chi connectivity index (χ4v) is 2.74. The van der Waals surface area contributed by atoms with Crippen molar-refractivity contribution in [1.82, 2.24) is 14.8 Å². The summed E-state index contributed by atoms with van der Waals surface area (Å²) >= 11 is 1.32. The van der Waals surface area contributed by atoms with Gasteiger partial charge in [0, 0.05) is 19.3 Å². The molecule has 0 aliphatic carbocycles. The zero-order chi connectivity index (χ0) is 17.4. The highest BCUT2D eigenvalue weighted by Gasteiger charge is 2.13. The Balaban J connectivity index is 1.94. The Morgan fingerprint density at radius 3 is 2.71 bits per heavy atom. The number of methoxy groups -OCH3 is 2. The van der Waals surface area contributed by atoms with Crippen molar-refractivity contribution in [2.45, 2.75) is 18.3 Å². The molecule has 0 bridgehead atoms. The summed E-state index contributed by atoms with van der Waals surface area (Å²) in [7, 11) is 3.20. The minimum Gasteiger partial charge on any atom is -0.497 e. The molecule has 0 aliphatic heterocycles. The van der Waals surface area contributed by atoms with Gasteiger partial charge in [-0.05, 0) is 24.3 Å². The Morgan fingerprint density at radius 1 is 1.33 bits per heavy atom. The van der Waals surface area contributed by atoms with Gasteiger partial charge >= 0.3 is 0 Å². The monoisotopic (exact) mass is 348 g/mol. The number of thioether (sulfide) groups is 1. The van der Waals surface area contributed by atoms with Crippen LogP contribution in [0.2, 0.25) is 0 Å². The SMILES string of the molecule is C=CCn1c(COC)nnc1SCC(=O)Nc1ccc(OC)cc1. The van der Waals surface area contributed by atoms with Crippen molar-refractivity contribution in [1.29, 1.82) is 0 Å². The highest BCUT2D eigenvalue weighted by molar-refractivity contribution is 7.99. The van der Waals surface area contributed by atoms with Crippen LogP contribution >= 0.6 is 11.8 Å². The highest BCUT2D eigenvalue weighted by atomic mass is 32.2. The van der Waals surface area contributed by atoms with Crippen LogP contribution in [0.25, 0.3) is 0 Å². The lowest BCUT2D eigenvalue weighted by Gasteiger charge is -2.08. The van der Waals surface area contributed by atoms with Gasteiger partial charge in [-0.3, -0.25) is 4.79 Å². The van der Waals surface area contributed by atoms with Crippen LogP contribution in [0.5, 0.6) is 5.75 Å². The molecular formula is C16H20N4O3S. The van der Waals surface area contributed by atoms with Gasteiger partial charge in [-0.25, -0.2) is 0 Å². The van der Waals surface area contributed by atoms with Crippen LogP contribution in [-0.4, -0.2) is 40.6 Å². The summed E-state index contributed by atoms with van der Waals surface area (Å²) in [5.74, 6) is 1.56. The molecule has 1 N–H and O–H groups in total. The van der Waals surface area contributed by atoms with Crippen LogP contribution in [0.3, 0.4) is 0 Å². The maximum Gasteiger partial charge on any atom is 0.234 e. The van der Waals surface area contributed by atoms with Crippen LogP contribution in [-0.2, 0) is 22.7 Å². The number of nitrogens with one attached hydrogen (secondary N) is 1. The smallest absolute Gasteiger partial charge is 0.234 e. The van der Waals surface area contributed by atoms with E-state index in [9.17, 15) is 4.79 Å². The second-order valence-electron chi connectivity index (χ2n) is 4.80. The molecule has 0 fully saturated rings. The molecule has 8 heteroatoms. The predicted molar refractivity (Wildman–Crippen MR) is 93.3 cm³/mol. The minimum absolute atomic E-state index is 0.119. The Hall–Kier alpha value is -2.32. The number of hydrogen-bond acceptors (Lipinski definition) is 6. The van der Waals surface area contributed by atoms with Crippen molar-refractivity contribution in [3.8, 4) is 5.75 Å². The van der Waals surface area contributed by atoms with E-state index in [1.807, 2.05) is 4.57 Å². The van der Waals surface area contributed by atoms with E-state index in [4.69, 9.17) is 9.47 Å². The number of carbonyl (C=O) groups excluding carboxylic acids is 1. The number of amides is 1. The zero-order valence-electron chi connectivity index (χ0n) is 13.7.